The molecule has 1 N–H and O–H groups in total. The lowest BCUT2D eigenvalue weighted by Gasteiger charge is -2.53. The molecule has 238 valence electrons. The highest BCUT2D eigenvalue weighted by Crippen LogP contribution is 2.56. The predicted octanol–water partition coefficient (Wildman–Crippen LogP) is 5.78. The summed E-state index contributed by atoms with van der Waals surface area (Å²) < 4.78 is 17.9. The van der Waals surface area contributed by atoms with Crippen LogP contribution in [0.1, 0.15) is 71.3 Å². The van der Waals surface area contributed by atoms with Gasteiger partial charge >= 0.3 is 5.97 Å². The molecular weight excluding hydrogens is 556 g/mol. The van der Waals surface area contributed by atoms with Crippen molar-refractivity contribution in [2.24, 2.45) is 23.2 Å². The van der Waals surface area contributed by atoms with E-state index in [1.165, 1.54) is 7.11 Å². The first kappa shape index (κ1) is 32.2. The van der Waals surface area contributed by atoms with Crippen LogP contribution in [-0.4, -0.2) is 61.8 Å². The second kappa shape index (κ2) is 14.2. The van der Waals surface area contributed by atoms with Crippen molar-refractivity contribution in [1.82, 2.24) is 10.2 Å². The van der Waals surface area contributed by atoms with E-state index in [1.807, 2.05) is 30.3 Å². The SMILES string of the molecule is CCCCOCCCNC(=O)C[C@H]1C[C@@]2(C(=O)OC)C(=C[C@H](C(C)C)O[C@@H]2C2CC2)N(Cc2cccc3ccccc23)C1=O. The molecule has 1 saturated carbocycles. The van der Waals surface area contributed by atoms with Gasteiger partial charge in [-0.3, -0.25) is 14.4 Å². The van der Waals surface area contributed by atoms with Crippen LogP contribution < -0.4 is 5.32 Å². The molecule has 0 bridgehead atoms. The minimum absolute atomic E-state index is 0.00141. The normalized spacial score (nSPS) is 25.1. The smallest absolute Gasteiger partial charge is 0.320 e. The number of fused-ring (bicyclic) bond motifs is 2. The molecule has 44 heavy (non-hydrogen) atoms. The zero-order chi connectivity index (χ0) is 31.3. The highest BCUT2D eigenvalue weighted by molar-refractivity contribution is 5.93. The summed E-state index contributed by atoms with van der Waals surface area (Å²) in [5.41, 5.74) is 0.489. The maximum atomic E-state index is 14.4. The first-order valence-electron chi connectivity index (χ1n) is 16.4. The summed E-state index contributed by atoms with van der Waals surface area (Å²) in [6.07, 6.45) is 6.24. The van der Waals surface area contributed by atoms with Crippen LogP contribution >= 0.6 is 0 Å². The topological polar surface area (TPSA) is 94.2 Å². The van der Waals surface area contributed by atoms with Gasteiger partial charge in [0.1, 0.15) is 5.41 Å². The lowest BCUT2D eigenvalue weighted by atomic mass is 9.64. The Morgan fingerprint density at radius 3 is 2.57 bits per heavy atom. The number of rotatable bonds is 14. The number of ether oxygens (including phenoxy) is 3. The van der Waals surface area contributed by atoms with Gasteiger partial charge in [0, 0.05) is 37.8 Å². The summed E-state index contributed by atoms with van der Waals surface area (Å²) in [4.78, 5) is 43.5. The van der Waals surface area contributed by atoms with Crippen LogP contribution in [0.15, 0.2) is 54.2 Å². The predicted molar refractivity (Wildman–Crippen MR) is 169 cm³/mol. The lowest BCUT2D eigenvalue weighted by Crippen LogP contribution is -2.61. The highest BCUT2D eigenvalue weighted by Gasteiger charge is 2.63. The van der Waals surface area contributed by atoms with E-state index in [0.29, 0.717) is 31.8 Å². The van der Waals surface area contributed by atoms with Gasteiger partial charge in [-0.25, -0.2) is 0 Å². The molecule has 0 spiro atoms. The number of hydrogen-bond donors (Lipinski definition) is 1. The maximum Gasteiger partial charge on any atom is 0.320 e. The van der Waals surface area contributed by atoms with Crippen molar-refractivity contribution < 1.29 is 28.6 Å². The number of carbonyl (C=O) groups excluding carboxylic acids is 3. The zero-order valence-corrected chi connectivity index (χ0v) is 26.7. The number of hydrogen-bond acceptors (Lipinski definition) is 6. The van der Waals surface area contributed by atoms with Gasteiger partial charge in [-0.2, -0.15) is 0 Å². The van der Waals surface area contributed by atoms with E-state index in [4.69, 9.17) is 14.2 Å². The third-order valence-corrected chi connectivity index (χ3v) is 9.37. The Bertz CT molecular complexity index is 1360. The van der Waals surface area contributed by atoms with Crippen molar-refractivity contribution in [3.8, 4) is 0 Å². The fraction of sp³-hybridized carbons (Fsp3) is 0.583. The van der Waals surface area contributed by atoms with Gasteiger partial charge in [-0.15, -0.1) is 0 Å². The Labute approximate surface area is 261 Å². The summed E-state index contributed by atoms with van der Waals surface area (Å²) in [7, 11) is 1.41. The molecular formula is C36H48N2O6. The van der Waals surface area contributed by atoms with Gasteiger partial charge in [-0.1, -0.05) is 69.7 Å². The summed E-state index contributed by atoms with van der Waals surface area (Å²) in [5, 5.41) is 5.11. The number of carbonyl (C=O) groups is 3. The summed E-state index contributed by atoms with van der Waals surface area (Å²) >= 11 is 0. The van der Waals surface area contributed by atoms with Crippen molar-refractivity contribution in [3.05, 3.63) is 59.8 Å². The van der Waals surface area contributed by atoms with Gasteiger partial charge in [0.05, 0.1) is 25.9 Å². The van der Waals surface area contributed by atoms with Crippen molar-refractivity contribution in [2.75, 3.05) is 26.9 Å². The molecule has 3 aliphatic rings. The summed E-state index contributed by atoms with van der Waals surface area (Å²) in [6.45, 7) is 8.39. The third kappa shape index (κ3) is 6.71. The maximum absolute atomic E-state index is 14.4. The average molecular weight is 605 g/mol. The van der Waals surface area contributed by atoms with Gasteiger partial charge in [0.15, 0.2) is 0 Å². The number of nitrogens with one attached hydrogen (secondary N) is 1. The van der Waals surface area contributed by atoms with E-state index in [2.05, 4.69) is 44.3 Å². The molecule has 4 atom stereocenters. The van der Waals surface area contributed by atoms with Crippen LogP contribution in [0, 0.1) is 23.2 Å². The largest absolute Gasteiger partial charge is 0.468 e. The Kier molecular flexibility index (Phi) is 10.4. The Morgan fingerprint density at radius 1 is 1.09 bits per heavy atom. The minimum atomic E-state index is -1.17. The molecule has 2 fully saturated rings. The van der Waals surface area contributed by atoms with E-state index in [9.17, 15) is 14.4 Å². The van der Waals surface area contributed by atoms with Gasteiger partial charge in [-0.05, 0) is 66.4 Å². The fourth-order valence-electron chi connectivity index (χ4n) is 6.86. The van der Waals surface area contributed by atoms with E-state index >= 15 is 0 Å². The minimum Gasteiger partial charge on any atom is -0.468 e. The molecule has 0 radical (unpaired) electrons. The highest BCUT2D eigenvalue weighted by atomic mass is 16.5. The Hall–Kier alpha value is -3.23. The third-order valence-electron chi connectivity index (χ3n) is 9.37. The van der Waals surface area contributed by atoms with E-state index in [1.54, 1.807) is 4.90 Å². The van der Waals surface area contributed by atoms with E-state index in [0.717, 1.165) is 48.6 Å². The number of esters is 1. The van der Waals surface area contributed by atoms with Crippen LogP contribution in [0.4, 0.5) is 0 Å². The average Bonchev–Trinajstić information content (AvgIpc) is 3.87. The van der Waals surface area contributed by atoms with Crippen LogP contribution in [0.5, 0.6) is 0 Å². The van der Waals surface area contributed by atoms with Crippen LogP contribution in [0.3, 0.4) is 0 Å². The Balaban J connectivity index is 1.48. The fourth-order valence-corrected chi connectivity index (χ4v) is 6.86. The number of methoxy groups -OCH3 is 1. The number of unbranched alkanes of at least 4 members (excludes halogenated alkanes) is 1. The molecule has 8 heteroatoms. The van der Waals surface area contributed by atoms with Crippen molar-refractivity contribution in [1.29, 1.82) is 0 Å². The first-order valence-corrected chi connectivity index (χ1v) is 16.4. The molecule has 1 saturated heterocycles. The van der Waals surface area contributed by atoms with Crippen LogP contribution in [0.2, 0.25) is 0 Å². The van der Waals surface area contributed by atoms with E-state index in [-0.39, 0.29) is 42.6 Å². The zero-order valence-electron chi connectivity index (χ0n) is 26.7. The summed E-state index contributed by atoms with van der Waals surface area (Å²) in [6, 6.07) is 14.2. The monoisotopic (exact) mass is 604 g/mol. The summed E-state index contributed by atoms with van der Waals surface area (Å²) in [5.74, 6) is -1.07. The number of likely N-dealkylation sites (tertiary alicyclic amines) is 1. The van der Waals surface area contributed by atoms with Crippen molar-refractivity contribution in [3.63, 3.8) is 0 Å². The molecule has 8 nitrogen and oxygen atoms in total. The second-order valence-electron chi connectivity index (χ2n) is 13.0. The number of nitrogens with zero attached hydrogens (tertiary/aromatic N) is 1. The number of piperidine rings is 1. The van der Waals surface area contributed by atoms with Crippen molar-refractivity contribution in [2.45, 2.75) is 84.5 Å². The molecule has 2 aromatic carbocycles. The van der Waals surface area contributed by atoms with Gasteiger partial charge in [0.2, 0.25) is 11.8 Å². The van der Waals surface area contributed by atoms with E-state index < -0.39 is 23.4 Å². The molecule has 2 amide bonds. The second-order valence-corrected chi connectivity index (χ2v) is 13.0. The molecule has 0 aromatic heterocycles. The molecule has 1 aliphatic carbocycles. The van der Waals surface area contributed by atoms with Gasteiger partial charge < -0.3 is 24.4 Å². The van der Waals surface area contributed by atoms with Crippen molar-refractivity contribution >= 4 is 28.6 Å². The number of benzene rings is 2. The lowest BCUT2D eigenvalue weighted by molar-refractivity contribution is -0.182. The Morgan fingerprint density at radius 2 is 1.84 bits per heavy atom. The first-order chi connectivity index (χ1) is 21.3. The molecule has 2 aromatic rings. The standard InChI is InChI=1S/C36H48N2O6/c1-5-6-18-43-19-10-17-37-32(39)20-28-22-36(35(41)42-4)31(21-30(24(2)3)44-33(36)26-15-16-26)38(34(28)40)23-27-13-9-12-25-11-7-8-14-29(25)27/h7-9,11-14,21,24,26,28,30,33H,5-6,10,15-20,22-23H2,1-4H3,(H,37,39)/t28-,30+,33+,36+/m0/s1. The quantitative estimate of drug-likeness (QED) is 0.217. The van der Waals surface area contributed by atoms with Gasteiger partial charge in [0.25, 0.3) is 0 Å². The molecule has 2 heterocycles. The number of amides is 2. The van der Waals surface area contributed by atoms with Crippen LogP contribution in [0.25, 0.3) is 10.8 Å². The molecule has 2 aliphatic heterocycles. The molecule has 0 unspecified atom stereocenters. The molecule has 5 rings (SSSR count). The van der Waals surface area contributed by atoms with Crippen LogP contribution in [-0.2, 0) is 35.1 Å².